The number of aryl methyl sites for hydroxylation is 2. The van der Waals surface area contributed by atoms with Crippen molar-refractivity contribution in [3.8, 4) is 0 Å². The number of aromatic nitrogens is 2. The van der Waals surface area contributed by atoms with E-state index >= 15 is 0 Å². The highest BCUT2D eigenvalue weighted by Crippen LogP contribution is 2.40. The molecule has 3 aromatic rings. The average Bonchev–Trinajstić information content (AvgIpc) is 3.16. The number of carbonyl (C=O) groups is 1. The van der Waals surface area contributed by atoms with Crippen LogP contribution in [0.1, 0.15) is 47.5 Å². The van der Waals surface area contributed by atoms with E-state index in [-0.39, 0.29) is 11.8 Å². The van der Waals surface area contributed by atoms with Crippen molar-refractivity contribution in [1.29, 1.82) is 0 Å². The van der Waals surface area contributed by atoms with Crippen LogP contribution in [0.15, 0.2) is 30.3 Å². The van der Waals surface area contributed by atoms with Gasteiger partial charge in [0.25, 0.3) is 0 Å². The van der Waals surface area contributed by atoms with Crippen molar-refractivity contribution in [2.75, 3.05) is 18.0 Å². The third-order valence-corrected chi connectivity index (χ3v) is 7.42. The van der Waals surface area contributed by atoms with Gasteiger partial charge in [0.05, 0.1) is 5.39 Å². The van der Waals surface area contributed by atoms with Crippen molar-refractivity contribution in [3.63, 3.8) is 0 Å². The van der Waals surface area contributed by atoms with Gasteiger partial charge in [-0.15, -0.1) is 11.3 Å². The number of anilines is 1. The Kier molecular flexibility index (Phi) is 5.25. The standard InChI is InChI=1S/C24H26N4OS/c25-22(29)17-12-14-28(15-13-17)23-21-18-8-4-5-9-19(18)30-24(21)27-20(26-23)11-10-16-6-2-1-3-7-16/h1-3,6-7,10-11,17H,4-5,8-9,12-15H2,(H2,25,29). The van der Waals surface area contributed by atoms with Gasteiger partial charge in [0.2, 0.25) is 5.91 Å². The summed E-state index contributed by atoms with van der Waals surface area (Å²) in [5.41, 5.74) is 8.13. The Labute approximate surface area is 180 Å². The van der Waals surface area contributed by atoms with Gasteiger partial charge in [0.15, 0.2) is 5.82 Å². The van der Waals surface area contributed by atoms with E-state index in [1.807, 2.05) is 35.6 Å². The summed E-state index contributed by atoms with van der Waals surface area (Å²) >= 11 is 1.83. The summed E-state index contributed by atoms with van der Waals surface area (Å²) in [6.07, 6.45) is 10.4. The SMILES string of the molecule is NC(=O)C1CCN(c2nc(C=Cc3ccccc3)nc3sc4c(c23)CCCC4)CC1. The number of piperidine rings is 1. The normalized spacial score (nSPS) is 17.5. The lowest BCUT2D eigenvalue weighted by Gasteiger charge is -2.32. The van der Waals surface area contributed by atoms with Crippen LogP contribution in [-0.4, -0.2) is 29.0 Å². The van der Waals surface area contributed by atoms with Crippen molar-refractivity contribution < 1.29 is 4.79 Å². The lowest BCUT2D eigenvalue weighted by atomic mass is 9.94. The number of nitrogens with zero attached hydrogens (tertiary/aromatic N) is 3. The van der Waals surface area contributed by atoms with Crippen molar-refractivity contribution in [1.82, 2.24) is 9.97 Å². The highest BCUT2D eigenvalue weighted by Gasteiger charge is 2.28. The summed E-state index contributed by atoms with van der Waals surface area (Å²) in [6, 6.07) is 10.2. The average molecular weight is 419 g/mol. The molecule has 3 heterocycles. The maximum atomic E-state index is 11.6. The fourth-order valence-electron chi connectivity index (χ4n) is 4.57. The fraction of sp³-hybridized carbons (Fsp3) is 0.375. The number of primary amides is 1. The van der Waals surface area contributed by atoms with E-state index in [9.17, 15) is 4.79 Å². The lowest BCUT2D eigenvalue weighted by Crippen LogP contribution is -2.39. The van der Waals surface area contributed by atoms with Crippen molar-refractivity contribution in [3.05, 3.63) is 52.2 Å². The van der Waals surface area contributed by atoms with Crippen LogP contribution in [0.25, 0.3) is 22.4 Å². The van der Waals surface area contributed by atoms with Gasteiger partial charge >= 0.3 is 0 Å². The zero-order valence-corrected chi connectivity index (χ0v) is 17.8. The first-order valence-electron chi connectivity index (χ1n) is 10.8. The van der Waals surface area contributed by atoms with Crippen LogP contribution >= 0.6 is 11.3 Å². The molecule has 5 nitrogen and oxygen atoms in total. The van der Waals surface area contributed by atoms with Gasteiger partial charge in [-0.05, 0) is 55.7 Å². The number of carbonyl (C=O) groups excluding carboxylic acids is 1. The van der Waals surface area contributed by atoms with E-state index in [0.717, 1.165) is 60.8 Å². The second-order valence-corrected chi connectivity index (χ2v) is 9.29. The van der Waals surface area contributed by atoms with Crippen LogP contribution in [0.2, 0.25) is 0 Å². The molecule has 1 aliphatic carbocycles. The van der Waals surface area contributed by atoms with Gasteiger partial charge in [0, 0.05) is 23.9 Å². The molecule has 0 bridgehead atoms. The summed E-state index contributed by atoms with van der Waals surface area (Å²) in [4.78, 5) is 26.4. The van der Waals surface area contributed by atoms with Gasteiger partial charge in [0.1, 0.15) is 10.6 Å². The number of thiophene rings is 1. The second-order valence-electron chi connectivity index (χ2n) is 8.20. The van der Waals surface area contributed by atoms with Gasteiger partial charge in [-0.1, -0.05) is 36.4 Å². The summed E-state index contributed by atoms with van der Waals surface area (Å²) in [5, 5.41) is 1.24. The third kappa shape index (κ3) is 3.72. The molecule has 5 rings (SSSR count). The third-order valence-electron chi connectivity index (χ3n) is 6.23. The second kappa shape index (κ2) is 8.19. The van der Waals surface area contributed by atoms with E-state index in [0.29, 0.717) is 0 Å². The van der Waals surface area contributed by atoms with Gasteiger partial charge < -0.3 is 10.6 Å². The Morgan fingerprint density at radius 3 is 2.60 bits per heavy atom. The molecule has 1 saturated heterocycles. The van der Waals surface area contributed by atoms with Crippen LogP contribution in [-0.2, 0) is 17.6 Å². The van der Waals surface area contributed by atoms with Gasteiger partial charge in [-0.25, -0.2) is 9.97 Å². The van der Waals surface area contributed by atoms with Crippen LogP contribution < -0.4 is 10.6 Å². The molecule has 1 aromatic carbocycles. The number of benzene rings is 1. The maximum Gasteiger partial charge on any atom is 0.220 e. The molecule has 0 radical (unpaired) electrons. The first-order chi connectivity index (χ1) is 14.7. The zero-order chi connectivity index (χ0) is 20.5. The molecule has 1 amide bonds. The molecule has 1 fully saturated rings. The van der Waals surface area contributed by atoms with E-state index < -0.39 is 0 Å². The number of hydrogen-bond acceptors (Lipinski definition) is 5. The Balaban J connectivity index is 1.55. The minimum atomic E-state index is -0.179. The first-order valence-corrected chi connectivity index (χ1v) is 11.6. The van der Waals surface area contributed by atoms with Crippen LogP contribution in [0.3, 0.4) is 0 Å². The topological polar surface area (TPSA) is 72.1 Å². The van der Waals surface area contributed by atoms with Crippen LogP contribution in [0.5, 0.6) is 0 Å². The molecule has 0 unspecified atom stereocenters. The van der Waals surface area contributed by atoms with Crippen LogP contribution in [0.4, 0.5) is 5.82 Å². The highest BCUT2D eigenvalue weighted by atomic mass is 32.1. The minimum absolute atomic E-state index is 0.0209. The number of hydrogen-bond donors (Lipinski definition) is 1. The van der Waals surface area contributed by atoms with E-state index in [1.54, 1.807) is 0 Å². The molecule has 2 aromatic heterocycles. The molecule has 0 atom stereocenters. The Bertz CT molecular complexity index is 1100. The Hall–Kier alpha value is -2.73. The number of amides is 1. The van der Waals surface area contributed by atoms with Crippen molar-refractivity contribution in [2.45, 2.75) is 38.5 Å². The fourth-order valence-corrected chi connectivity index (χ4v) is 5.83. The number of fused-ring (bicyclic) bond motifs is 3. The van der Waals surface area contributed by atoms with Crippen molar-refractivity contribution in [2.24, 2.45) is 11.7 Å². The first kappa shape index (κ1) is 19.2. The molecule has 2 aliphatic rings. The quantitative estimate of drug-likeness (QED) is 0.680. The largest absolute Gasteiger partial charge is 0.369 e. The molecule has 154 valence electrons. The molecule has 0 saturated carbocycles. The monoisotopic (exact) mass is 418 g/mol. The predicted molar refractivity (Wildman–Crippen MR) is 124 cm³/mol. The Morgan fingerprint density at radius 2 is 1.83 bits per heavy atom. The highest BCUT2D eigenvalue weighted by molar-refractivity contribution is 7.19. The van der Waals surface area contributed by atoms with Gasteiger partial charge in [-0.2, -0.15) is 0 Å². The smallest absolute Gasteiger partial charge is 0.220 e. The summed E-state index contributed by atoms with van der Waals surface area (Å²) < 4.78 is 0. The van der Waals surface area contributed by atoms with Crippen molar-refractivity contribution >= 4 is 45.4 Å². The number of nitrogens with two attached hydrogens (primary N) is 1. The maximum absolute atomic E-state index is 11.6. The number of rotatable bonds is 4. The molecule has 30 heavy (non-hydrogen) atoms. The van der Waals surface area contributed by atoms with Crippen LogP contribution in [0, 0.1) is 5.92 Å². The zero-order valence-electron chi connectivity index (χ0n) is 17.0. The predicted octanol–water partition coefficient (Wildman–Crippen LogP) is 4.44. The molecule has 2 N–H and O–H groups in total. The summed E-state index contributed by atoms with van der Waals surface area (Å²) in [5.74, 6) is 1.58. The minimum Gasteiger partial charge on any atom is -0.369 e. The van der Waals surface area contributed by atoms with Gasteiger partial charge in [-0.3, -0.25) is 4.79 Å². The molecule has 1 aliphatic heterocycles. The molecular formula is C24H26N4OS. The summed E-state index contributed by atoms with van der Waals surface area (Å²) in [6.45, 7) is 1.62. The van der Waals surface area contributed by atoms with E-state index in [1.165, 1.54) is 28.7 Å². The molecule has 6 heteroatoms. The Morgan fingerprint density at radius 1 is 1.07 bits per heavy atom. The molecule has 0 spiro atoms. The molecular weight excluding hydrogens is 392 g/mol. The summed E-state index contributed by atoms with van der Waals surface area (Å²) in [7, 11) is 0. The van der Waals surface area contributed by atoms with E-state index in [2.05, 4.69) is 23.1 Å². The van der Waals surface area contributed by atoms with E-state index in [4.69, 9.17) is 15.7 Å². The lowest BCUT2D eigenvalue weighted by molar-refractivity contribution is -0.122.